The van der Waals surface area contributed by atoms with Crippen molar-refractivity contribution in [3.8, 4) is 0 Å². The Bertz CT molecular complexity index is 665. The summed E-state index contributed by atoms with van der Waals surface area (Å²) >= 11 is 0. The van der Waals surface area contributed by atoms with E-state index in [-0.39, 0.29) is 23.9 Å². The fourth-order valence-electron chi connectivity index (χ4n) is 5.93. The molecule has 7 nitrogen and oxygen atoms in total. The predicted molar refractivity (Wildman–Crippen MR) is 115 cm³/mol. The number of likely N-dealkylation sites (tertiary alicyclic amines) is 2. The standard InChI is InChI=1S/C23H38N4O3/c1-17(2)15-25-12-9-23(10-13-25)21(29)27(22(30)24-23)19-8-5-11-26(16-19)20(28)14-18-6-3-4-7-18/h17-19H,3-16H2,1-2H3,(H,24,30)/t19-/m0/s1. The maximum Gasteiger partial charge on any atom is 0.325 e. The van der Waals surface area contributed by atoms with Crippen molar-refractivity contribution in [1.29, 1.82) is 0 Å². The number of hydrogen-bond acceptors (Lipinski definition) is 4. The van der Waals surface area contributed by atoms with Crippen molar-refractivity contribution in [3.05, 3.63) is 0 Å². The molecule has 4 aliphatic rings. The number of nitrogens with one attached hydrogen (secondary N) is 1. The van der Waals surface area contributed by atoms with E-state index in [4.69, 9.17) is 0 Å². The van der Waals surface area contributed by atoms with Crippen LogP contribution in [0.2, 0.25) is 0 Å². The second-order valence-corrected chi connectivity index (χ2v) is 10.4. The topological polar surface area (TPSA) is 73.0 Å². The average Bonchev–Trinajstić information content (AvgIpc) is 3.30. The van der Waals surface area contributed by atoms with E-state index in [0.29, 0.717) is 37.6 Å². The number of carbonyl (C=O) groups excluding carboxylic acids is 3. The van der Waals surface area contributed by atoms with Gasteiger partial charge in [0.05, 0.1) is 6.04 Å². The van der Waals surface area contributed by atoms with Gasteiger partial charge in [-0.2, -0.15) is 0 Å². The van der Waals surface area contributed by atoms with Gasteiger partial charge in [-0.05, 0) is 50.4 Å². The number of piperidine rings is 2. The zero-order valence-electron chi connectivity index (χ0n) is 18.7. The number of hydrogen-bond donors (Lipinski definition) is 1. The Morgan fingerprint density at radius 1 is 1.07 bits per heavy atom. The van der Waals surface area contributed by atoms with E-state index in [1.54, 1.807) is 0 Å². The first-order valence-corrected chi connectivity index (χ1v) is 12.0. The Hall–Kier alpha value is -1.63. The van der Waals surface area contributed by atoms with Crippen LogP contribution in [0.25, 0.3) is 0 Å². The minimum absolute atomic E-state index is 0.0632. The lowest BCUT2D eigenvalue weighted by molar-refractivity contribution is -0.139. The van der Waals surface area contributed by atoms with Crippen LogP contribution in [-0.4, -0.2) is 76.8 Å². The van der Waals surface area contributed by atoms with Crippen molar-refractivity contribution < 1.29 is 14.4 Å². The van der Waals surface area contributed by atoms with E-state index >= 15 is 0 Å². The molecule has 0 unspecified atom stereocenters. The third-order valence-electron chi connectivity index (χ3n) is 7.58. The number of rotatable bonds is 5. The van der Waals surface area contributed by atoms with Crippen molar-refractivity contribution in [1.82, 2.24) is 20.0 Å². The van der Waals surface area contributed by atoms with E-state index in [1.165, 1.54) is 17.7 Å². The van der Waals surface area contributed by atoms with Gasteiger partial charge < -0.3 is 15.1 Å². The van der Waals surface area contributed by atoms with Crippen LogP contribution < -0.4 is 5.32 Å². The fourth-order valence-corrected chi connectivity index (χ4v) is 5.93. The minimum atomic E-state index is -0.735. The van der Waals surface area contributed by atoms with E-state index < -0.39 is 5.54 Å². The Kier molecular flexibility index (Phi) is 6.37. The summed E-state index contributed by atoms with van der Waals surface area (Å²) in [5.41, 5.74) is -0.735. The lowest BCUT2D eigenvalue weighted by Crippen LogP contribution is -2.56. The smallest absolute Gasteiger partial charge is 0.325 e. The lowest BCUT2D eigenvalue weighted by Gasteiger charge is -2.39. The molecule has 0 aromatic heterocycles. The molecule has 30 heavy (non-hydrogen) atoms. The molecule has 0 bridgehead atoms. The average molecular weight is 419 g/mol. The predicted octanol–water partition coefficient (Wildman–Crippen LogP) is 2.60. The summed E-state index contributed by atoms with van der Waals surface area (Å²) in [6.45, 7) is 8.38. The summed E-state index contributed by atoms with van der Waals surface area (Å²) in [6, 6.07) is -0.445. The Morgan fingerprint density at radius 3 is 2.43 bits per heavy atom. The van der Waals surface area contributed by atoms with Gasteiger partial charge in [-0.25, -0.2) is 4.79 Å². The summed E-state index contributed by atoms with van der Waals surface area (Å²) in [5, 5.41) is 3.05. The monoisotopic (exact) mass is 418 g/mol. The molecule has 3 aliphatic heterocycles. The fraction of sp³-hybridized carbons (Fsp3) is 0.870. The van der Waals surface area contributed by atoms with Gasteiger partial charge in [-0.1, -0.05) is 26.7 Å². The van der Waals surface area contributed by atoms with Crippen molar-refractivity contribution in [2.45, 2.75) is 83.2 Å². The molecule has 3 heterocycles. The van der Waals surface area contributed by atoms with E-state index in [0.717, 1.165) is 51.9 Å². The summed E-state index contributed by atoms with van der Waals surface area (Å²) in [4.78, 5) is 44.8. The van der Waals surface area contributed by atoms with Crippen molar-refractivity contribution in [2.24, 2.45) is 11.8 Å². The SMILES string of the molecule is CC(C)CN1CCC2(CC1)NC(=O)N([C@H]1CCCN(C(=O)CC3CCCC3)C1)C2=O. The summed E-state index contributed by atoms with van der Waals surface area (Å²) in [7, 11) is 0. The molecule has 3 saturated heterocycles. The van der Waals surface area contributed by atoms with Crippen molar-refractivity contribution in [2.75, 3.05) is 32.7 Å². The molecule has 1 aliphatic carbocycles. The quantitative estimate of drug-likeness (QED) is 0.697. The molecule has 1 saturated carbocycles. The van der Waals surface area contributed by atoms with Gasteiger partial charge >= 0.3 is 6.03 Å². The molecular weight excluding hydrogens is 380 g/mol. The first kappa shape index (κ1) is 21.6. The number of imide groups is 1. The molecule has 0 aromatic rings. The van der Waals surface area contributed by atoms with Crippen LogP contribution in [0, 0.1) is 11.8 Å². The summed E-state index contributed by atoms with van der Waals surface area (Å²) in [5.74, 6) is 1.26. The summed E-state index contributed by atoms with van der Waals surface area (Å²) in [6.07, 6.45) is 8.42. The normalized spacial score (nSPS) is 28.0. The molecule has 1 spiro atoms. The van der Waals surface area contributed by atoms with Gasteiger partial charge in [-0.3, -0.25) is 14.5 Å². The van der Waals surface area contributed by atoms with Crippen LogP contribution >= 0.6 is 0 Å². The molecule has 0 radical (unpaired) electrons. The van der Waals surface area contributed by atoms with Gasteiger partial charge in [0, 0.05) is 39.1 Å². The number of amides is 4. The Balaban J connectivity index is 1.37. The minimum Gasteiger partial charge on any atom is -0.341 e. The highest BCUT2D eigenvalue weighted by molar-refractivity contribution is 6.07. The third-order valence-corrected chi connectivity index (χ3v) is 7.58. The van der Waals surface area contributed by atoms with Crippen LogP contribution in [0.1, 0.15) is 71.6 Å². The first-order valence-electron chi connectivity index (χ1n) is 12.0. The zero-order valence-corrected chi connectivity index (χ0v) is 18.7. The van der Waals surface area contributed by atoms with Crippen LogP contribution in [0.3, 0.4) is 0 Å². The van der Waals surface area contributed by atoms with Gasteiger partial charge in [-0.15, -0.1) is 0 Å². The van der Waals surface area contributed by atoms with Gasteiger partial charge in [0.15, 0.2) is 0 Å². The highest BCUT2D eigenvalue weighted by Gasteiger charge is 2.54. The van der Waals surface area contributed by atoms with E-state index in [1.807, 2.05) is 4.90 Å². The molecule has 1 atom stereocenters. The maximum atomic E-state index is 13.4. The second-order valence-electron chi connectivity index (χ2n) is 10.4. The molecule has 4 fully saturated rings. The van der Waals surface area contributed by atoms with Crippen molar-refractivity contribution >= 4 is 17.8 Å². The molecule has 7 heteroatoms. The molecule has 168 valence electrons. The largest absolute Gasteiger partial charge is 0.341 e. The van der Waals surface area contributed by atoms with Crippen LogP contribution in [0.4, 0.5) is 4.79 Å². The Labute approximate surface area is 180 Å². The van der Waals surface area contributed by atoms with Crippen LogP contribution in [-0.2, 0) is 9.59 Å². The second kappa shape index (κ2) is 8.85. The molecular formula is C23H38N4O3. The van der Waals surface area contributed by atoms with E-state index in [9.17, 15) is 14.4 Å². The number of nitrogens with zero attached hydrogens (tertiary/aromatic N) is 3. The highest BCUT2D eigenvalue weighted by atomic mass is 16.2. The third kappa shape index (κ3) is 4.36. The number of carbonyl (C=O) groups is 3. The van der Waals surface area contributed by atoms with E-state index in [2.05, 4.69) is 24.1 Å². The zero-order chi connectivity index (χ0) is 21.3. The van der Waals surface area contributed by atoms with Crippen LogP contribution in [0.15, 0.2) is 0 Å². The maximum absolute atomic E-state index is 13.4. The molecule has 4 amide bonds. The Morgan fingerprint density at radius 2 is 1.77 bits per heavy atom. The first-order chi connectivity index (χ1) is 14.4. The lowest BCUT2D eigenvalue weighted by atomic mass is 9.86. The summed E-state index contributed by atoms with van der Waals surface area (Å²) < 4.78 is 0. The van der Waals surface area contributed by atoms with Gasteiger partial charge in [0.2, 0.25) is 5.91 Å². The molecule has 4 rings (SSSR count). The van der Waals surface area contributed by atoms with Gasteiger partial charge in [0.25, 0.3) is 5.91 Å². The highest BCUT2D eigenvalue weighted by Crippen LogP contribution is 2.33. The number of urea groups is 1. The van der Waals surface area contributed by atoms with Gasteiger partial charge in [0.1, 0.15) is 5.54 Å². The molecule has 1 N–H and O–H groups in total. The molecule has 0 aromatic carbocycles. The van der Waals surface area contributed by atoms with Crippen molar-refractivity contribution in [3.63, 3.8) is 0 Å². The van der Waals surface area contributed by atoms with Crippen LogP contribution in [0.5, 0.6) is 0 Å².